The van der Waals surface area contributed by atoms with Gasteiger partial charge in [0.1, 0.15) is 5.84 Å². The number of hydrogen-bond donors (Lipinski definition) is 3. The second kappa shape index (κ2) is 5.07. The first kappa shape index (κ1) is 11.8. The number of piperidine rings is 1. The van der Waals surface area contributed by atoms with Crippen molar-refractivity contribution >= 4 is 23.4 Å². The highest BCUT2D eigenvalue weighted by atomic mass is 32.1. The second-order valence-electron chi connectivity index (χ2n) is 4.48. The zero-order valence-electron chi connectivity index (χ0n) is 9.24. The van der Waals surface area contributed by atoms with Crippen LogP contribution in [0.1, 0.15) is 19.3 Å². The summed E-state index contributed by atoms with van der Waals surface area (Å²) in [6, 6.07) is 0. The van der Waals surface area contributed by atoms with E-state index in [1.165, 1.54) is 5.37 Å². The van der Waals surface area contributed by atoms with Gasteiger partial charge in [0, 0.05) is 11.8 Å². The fraction of sp³-hybridized carbons (Fsp3) is 0.800. The first-order valence-corrected chi connectivity index (χ1v) is 6.10. The SMILES string of the molecule is NCC1(CC2=NOC(C=S)N2)CCNCC1. The molecular weight excluding hydrogens is 224 g/mol. The molecule has 16 heavy (non-hydrogen) atoms. The average Bonchev–Trinajstić information content (AvgIpc) is 2.78. The standard InChI is InChI=1S/C10H18N4OS/c11-7-10(1-3-12-4-2-10)5-8-13-9(6-16)15-14-8/h6,9,12H,1-5,7,11H2,(H,13,14). The maximum atomic E-state index is 5.90. The van der Waals surface area contributed by atoms with Gasteiger partial charge in [0.25, 0.3) is 0 Å². The molecule has 0 aromatic heterocycles. The zero-order valence-corrected chi connectivity index (χ0v) is 10.1. The summed E-state index contributed by atoms with van der Waals surface area (Å²) >= 11 is 4.80. The fourth-order valence-electron chi connectivity index (χ4n) is 2.24. The van der Waals surface area contributed by atoms with Crippen molar-refractivity contribution in [1.29, 1.82) is 0 Å². The van der Waals surface area contributed by atoms with E-state index in [-0.39, 0.29) is 11.6 Å². The van der Waals surface area contributed by atoms with Gasteiger partial charge in [0.15, 0.2) is 0 Å². The monoisotopic (exact) mass is 242 g/mol. The number of hydrogen-bond acceptors (Lipinski definition) is 6. The van der Waals surface area contributed by atoms with Crippen LogP contribution in [0.15, 0.2) is 5.16 Å². The minimum Gasteiger partial charge on any atom is -0.364 e. The van der Waals surface area contributed by atoms with E-state index in [0.717, 1.165) is 38.2 Å². The highest BCUT2D eigenvalue weighted by molar-refractivity contribution is 7.79. The summed E-state index contributed by atoms with van der Waals surface area (Å²) in [5, 5.41) is 12.0. The minimum atomic E-state index is -0.249. The topological polar surface area (TPSA) is 71.7 Å². The Hall–Kier alpha value is -0.720. The molecule has 0 bridgehead atoms. The Morgan fingerprint density at radius 3 is 2.88 bits per heavy atom. The first-order valence-electron chi connectivity index (χ1n) is 5.63. The van der Waals surface area contributed by atoms with Gasteiger partial charge in [-0.1, -0.05) is 17.4 Å². The van der Waals surface area contributed by atoms with Crippen molar-refractivity contribution in [3.63, 3.8) is 0 Å². The predicted octanol–water partition coefficient (Wildman–Crippen LogP) is -0.0359. The first-order chi connectivity index (χ1) is 7.78. The van der Waals surface area contributed by atoms with Crippen LogP contribution in [-0.4, -0.2) is 37.1 Å². The molecule has 1 unspecified atom stereocenters. The molecular formula is C10H18N4OS. The molecule has 0 radical (unpaired) electrons. The third-order valence-electron chi connectivity index (χ3n) is 3.35. The molecule has 0 amide bonds. The Morgan fingerprint density at radius 1 is 1.56 bits per heavy atom. The molecule has 1 saturated heterocycles. The van der Waals surface area contributed by atoms with E-state index in [0.29, 0.717) is 6.54 Å². The predicted molar refractivity (Wildman–Crippen MR) is 67.3 cm³/mol. The minimum absolute atomic E-state index is 0.163. The Bertz CT molecular complexity index is 289. The van der Waals surface area contributed by atoms with Crippen LogP contribution in [-0.2, 0) is 4.84 Å². The van der Waals surface area contributed by atoms with Crippen LogP contribution in [0.2, 0.25) is 0 Å². The van der Waals surface area contributed by atoms with Gasteiger partial charge in [-0.2, -0.15) is 0 Å². The number of nitrogens with one attached hydrogen (secondary N) is 2. The van der Waals surface area contributed by atoms with Crippen molar-refractivity contribution in [3.05, 3.63) is 0 Å². The van der Waals surface area contributed by atoms with E-state index < -0.39 is 0 Å². The molecule has 2 rings (SSSR count). The summed E-state index contributed by atoms with van der Waals surface area (Å²) in [6.07, 6.45) is 2.78. The number of thiocarbonyl (C=S) groups is 1. The largest absolute Gasteiger partial charge is 0.364 e. The smallest absolute Gasteiger partial charge is 0.227 e. The molecule has 0 aromatic rings. The molecule has 0 saturated carbocycles. The zero-order chi connectivity index (χ0) is 11.4. The van der Waals surface area contributed by atoms with Crippen molar-refractivity contribution in [2.75, 3.05) is 19.6 Å². The molecule has 2 heterocycles. The van der Waals surface area contributed by atoms with Crippen LogP contribution in [0.4, 0.5) is 0 Å². The van der Waals surface area contributed by atoms with Crippen LogP contribution >= 0.6 is 12.2 Å². The number of nitrogens with zero attached hydrogens (tertiary/aromatic N) is 1. The lowest BCUT2D eigenvalue weighted by Gasteiger charge is -2.36. The Morgan fingerprint density at radius 2 is 2.31 bits per heavy atom. The summed E-state index contributed by atoms with van der Waals surface area (Å²) in [5.74, 6) is 0.874. The molecule has 4 N–H and O–H groups in total. The fourth-order valence-corrected chi connectivity index (χ4v) is 2.36. The highest BCUT2D eigenvalue weighted by Gasteiger charge is 2.34. The molecule has 0 aliphatic carbocycles. The summed E-state index contributed by atoms with van der Waals surface area (Å²) in [6.45, 7) is 2.75. The number of nitrogens with two attached hydrogens (primary N) is 1. The van der Waals surface area contributed by atoms with Gasteiger partial charge < -0.3 is 21.2 Å². The summed E-state index contributed by atoms with van der Waals surface area (Å²) in [4.78, 5) is 5.11. The Kier molecular flexibility index (Phi) is 3.73. The van der Waals surface area contributed by atoms with Crippen molar-refractivity contribution in [3.8, 4) is 0 Å². The third-order valence-corrected chi connectivity index (χ3v) is 3.60. The van der Waals surface area contributed by atoms with Crippen LogP contribution < -0.4 is 16.4 Å². The van der Waals surface area contributed by atoms with Crippen LogP contribution in [0.3, 0.4) is 0 Å². The van der Waals surface area contributed by atoms with Gasteiger partial charge in [-0.25, -0.2) is 0 Å². The summed E-state index contributed by atoms with van der Waals surface area (Å²) < 4.78 is 0. The van der Waals surface area contributed by atoms with Crippen LogP contribution in [0.5, 0.6) is 0 Å². The lowest BCUT2D eigenvalue weighted by atomic mass is 9.76. The van der Waals surface area contributed by atoms with Crippen LogP contribution in [0, 0.1) is 5.41 Å². The highest BCUT2D eigenvalue weighted by Crippen LogP contribution is 2.32. The molecule has 0 aromatic carbocycles. The molecule has 1 atom stereocenters. The van der Waals surface area contributed by atoms with E-state index in [9.17, 15) is 0 Å². The Balaban J connectivity index is 1.94. The van der Waals surface area contributed by atoms with Crippen molar-refractivity contribution < 1.29 is 4.84 Å². The van der Waals surface area contributed by atoms with Gasteiger partial charge in [0.05, 0.1) is 0 Å². The Labute approximate surface area is 101 Å². The van der Waals surface area contributed by atoms with Crippen molar-refractivity contribution in [1.82, 2.24) is 10.6 Å². The van der Waals surface area contributed by atoms with E-state index in [1.807, 2.05) is 0 Å². The van der Waals surface area contributed by atoms with Crippen LogP contribution in [0.25, 0.3) is 0 Å². The van der Waals surface area contributed by atoms with Gasteiger partial charge >= 0.3 is 0 Å². The summed E-state index contributed by atoms with van der Waals surface area (Å²) in [5.41, 5.74) is 6.07. The molecule has 1 fully saturated rings. The van der Waals surface area contributed by atoms with E-state index in [2.05, 4.69) is 15.8 Å². The lowest BCUT2D eigenvalue weighted by Crippen LogP contribution is -2.44. The van der Waals surface area contributed by atoms with Gasteiger partial charge in [-0.15, -0.1) is 0 Å². The van der Waals surface area contributed by atoms with E-state index in [4.69, 9.17) is 22.8 Å². The molecule has 2 aliphatic rings. The number of rotatable bonds is 4. The number of oxime groups is 1. The quantitative estimate of drug-likeness (QED) is 0.604. The van der Waals surface area contributed by atoms with Gasteiger partial charge in [0.2, 0.25) is 6.23 Å². The number of amidine groups is 1. The third kappa shape index (κ3) is 2.50. The van der Waals surface area contributed by atoms with Gasteiger partial charge in [-0.05, 0) is 37.9 Å². The van der Waals surface area contributed by atoms with E-state index >= 15 is 0 Å². The molecule has 5 nitrogen and oxygen atoms in total. The van der Waals surface area contributed by atoms with Gasteiger partial charge in [-0.3, -0.25) is 0 Å². The maximum absolute atomic E-state index is 5.90. The molecule has 6 heteroatoms. The van der Waals surface area contributed by atoms with E-state index in [1.54, 1.807) is 0 Å². The molecule has 2 aliphatic heterocycles. The second-order valence-corrected chi connectivity index (χ2v) is 4.75. The summed E-state index contributed by atoms with van der Waals surface area (Å²) in [7, 11) is 0. The average molecular weight is 242 g/mol. The molecule has 0 spiro atoms. The lowest BCUT2D eigenvalue weighted by molar-refractivity contribution is 0.126. The van der Waals surface area contributed by atoms with Crippen molar-refractivity contribution in [2.24, 2.45) is 16.3 Å². The van der Waals surface area contributed by atoms with Crippen molar-refractivity contribution in [2.45, 2.75) is 25.5 Å². The normalized spacial score (nSPS) is 27.8. The molecule has 90 valence electrons. The maximum Gasteiger partial charge on any atom is 0.227 e.